The van der Waals surface area contributed by atoms with Gasteiger partial charge in [-0.25, -0.2) is 4.79 Å². The predicted molar refractivity (Wildman–Crippen MR) is 87.6 cm³/mol. The molecule has 1 aromatic rings. The molecule has 0 spiro atoms. The zero-order valence-electron chi connectivity index (χ0n) is 14.9. The van der Waals surface area contributed by atoms with Crippen LogP contribution >= 0.6 is 0 Å². The number of nitrogens with one attached hydrogen (secondary N) is 1. The first-order valence-electron chi connectivity index (χ1n) is 8.02. The first kappa shape index (κ1) is 18.3. The quantitative estimate of drug-likeness (QED) is 0.863. The number of aliphatic hydroxyl groups is 1. The Balaban J connectivity index is 2.09. The standard InChI is InChI=1S/C16H26N4O4/c1-16(2,3)24-15(23)17-9-10-6-13(14(22)19(4)5)20(18-10)11-7-12(21)8-11/h6,11-12,21H,7-9H2,1-5H3,(H,17,23)/t11-,12-. The lowest BCUT2D eigenvalue weighted by Gasteiger charge is -2.32. The summed E-state index contributed by atoms with van der Waals surface area (Å²) < 4.78 is 6.84. The van der Waals surface area contributed by atoms with Crippen molar-refractivity contribution >= 4 is 12.0 Å². The van der Waals surface area contributed by atoms with E-state index in [0.29, 0.717) is 24.2 Å². The molecule has 0 unspecified atom stereocenters. The lowest BCUT2D eigenvalue weighted by molar-refractivity contribution is 0.0404. The van der Waals surface area contributed by atoms with Crippen LogP contribution in [0.4, 0.5) is 4.79 Å². The number of rotatable bonds is 4. The minimum absolute atomic E-state index is 0.00850. The molecule has 1 saturated carbocycles. The highest BCUT2D eigenvalue weighted by molar-refractivity contribution is 5.92. The van der Waals surface area contributed by atoms with Crippen LogP contribution in [0.5, 0.6) is 0 Å². The van der Waals surface area contributed by atoms with Crippen molar-refractivity contribution in [2.75, 3.05) is 14.1 Å². The average Bonchev–Trinajstić information content (AvgIpc) is 2.82. The molecule has 2 amide bonds. The van der Waals surface area contributed by atoms with Crippen LogP contribution in [0.2, 0.25) is 0 Å². The summed E-state index contributed by atoms with van der Waals surface area (Å²) in [6.45, 7) is 5.54. The lowest BCUT2D eigenvalue weighted by Crippen LogP contribution is -2.35. The molecule has 1 aliphatic rings. The zero-order chi connectivity index (χ0) is 18.1. The summed E-state index contributed by atoms with van der Waals surface area (Å²) in [6, 6.07) is 1.68. The van der Waals surface area contributed by atoms with Gasteiger partial charge in [-0.1, -0.05) is 0 Å². The molecule has 0 radical (unpaired) electrons. The maximum Gasteiger partial charge on any atom is 0.407 e. The first-order chi connectivity index (χ1) is 11.1. The third-order valence-corrected chi connectivity index (χ3v) is 3.66. The van der Waals surface area contributed by atoms with Gasteiger partial charge in [0.05, 0.1) is 24.4 Å². The highest BCUT2D eigenvalue weighted by Gasteiger charge is 2.33. The van der Waals surface area contributed by atoms with E-state index in [1.165, 1.54) is 4.90 Å². The topological polar surface area (TPSA) is 96.7 Å². The molecule has 0 bridgehead atoms. The Morgan fingerprint density at radius 3 is 2.54 bits per heavy atom. The fourth-order valence-electron chi connectivity index (χ4n) is 2.43. The summed E-state index contributed by atoms with van der Waals surface area (Å²) in [7, 11) is 3.35. The molecule has 0 atom stereocenters. The van der Waals surface area contributed by atoms with E-state index in [0.717, 1.165) is 0 Å². The minimum atomic E-state index is -0.572. The zero-order valence-corrected chi connectivity index (χ0v) is 14.9. The molecule has 1 aromatic heterocycles. The van der Waals surface area contributed by atoms with Crippen LogP contribution in [0.3, 0.4) is 0 Å². The third-order valence-electron chi connectivity index (χ3n) is 3.66. The molecule has 1 fully saturated rings. The molecule has 0 aliphatic heterocycles. The van der Waals surface area contributed by atoms with Crippen LogP contribution < -0.4 is 5.32 Å². The van der Waals surface area contributed by atoms with Crippen LogP contribution in [-0.4, -0.2) is 57.6 Å². The van der Waals surface area contributed by atoms with E-state index >= 15 is 0 Å². The van der Waals surface area contributed by atoms with Crippen LogP contribution in [0.25, 0.3) is 0 Å². The van der Waals surface area contributed by atoms with Gasteiger partial charge < -0.3 is 20.1 Å². The van der Waals surface area contributed by atoms with Crippen LogP contribution in [0.15, 0.2) is 6.07 Å². The summed E-state index contributed by atoms with van der Waals surface area (Å²) in [5.74, 6) is -0.160. The molecule has 24 heavy (non-hydrogen) atoms. The van der Waals surface area contributed by atoms with Crippen LogP contribution in [0.1, 0.15) is 55.8 Å². The molecule has 8 nitrogen and oxygen atoms in total. The third kappa shape index (κ3) is 4.47. The fraction of sp³-hybridized carbons (Fsp3) is 0.688. The number of aliphatic hydroxyl groups excluding tert-OH is 1. The SMILES string of the molecule is CN(C)C(=O)c1cc(CNC(=O)OC(C)(C)C)nn1[C@H]1C[C@H](O)C1. The maximum atomic E-state index is 12.3. The molecule has 1 heterocycles. The van der Waals surface area contributed by atoms with E-state index in [1.807, 2.05) is 0 Å². The van der Waals surface area contributed by atoms with Gasteiger partial charge in [0.2, 0.25) is 0 Å². The van der Waals surface area contributed by atoms with Crippen molar-refractivity contribution in [1.82, 2.24) is 20.0 Å². The number of carbonyl (C=O) groups excluding carboxylic acids is 2. The summed E-state index contributed by atoms with van der Waals surface area (Å²) in [4.78, 5) is 25.5. The van der Waals surface area contributed by atoms with Gasteiger partial charge in [0.1, 0.15) is 11.3 Å². The number of alkyl carbamates (subject to hydrolysis) is 1. The van der Waals surface area contributed by atoms with Gasteiger partial charge in [0, 0.05) is 14.1 Å². The molecule has 0 saturated heterocycles. The van der Waals surface area contributed by atoms with Crippen molar-refractivity contribution in [1.29, 1.82) is 0 Å². The first-order valence-corrected chi connectivity index (χ1v) is 8.02. The number of nitrogens with zero attached hydrogens (tertiary/aromatic N) is 3. The molecule has 2 rings (SSSR count). The van der Waals surface area contributed by atoms with Crippen molar-refractivity contribution in [2.24, 2.45) is 0 Å². The van der Waals surface area contributed by atoms with Gasteiger partial charge in [-0.3, -0.25) is 9.48 Å². The van der Waals surface area contributed by atoms with Crippen molar-refractivity contribution in [2.45, 2.75) is 57.9 Å². The number of carbonyl (C=O) groups is 2. The maximum absolute atomic E-state index is 12.3. The van der Waals surface area contributed by atoms with Gasteiger partial charge in [0.25, 0.3) is 5.91 Å². The van der Waals surface area contributed by atoms with E-state index < -0.39 is 11.7 Å². The van der Waals surface area contributed by atoms with Crippen molar-refractivity contribution in [3.8, 4) is 0 Å². The van der Waals surface area contributed by atoms with Crippen molar-refractivity contribution in [3.05, 3.63) is 17.5 Å². The Bertz CT molecular complexity index is 612. The Labute approximate surface area is 141 Å². The van der Waals surface area contributed by atoms with Crippen molar-refractivity contribution in [3.63, 3.8) is 0 Å². The summed E-state index contributed by atoms with van der Waals surface area (Å²) in [5, 5.41) is 16.6. The largest absolute Gasteiger partial charge is 0.444 e. The number of aromatic nitrogens is 2. The van der Waals surface area contributed by atoms with Gasteiger partial charge in [-0.15, -0.1) is 0 Å². The summed E-state index contributed by atoms with van der Waals surface area (Å²) in [6.07, 6.45) is 0.282. The summed E-state index contributed by atoms with van der Waals surface area (Å²) >= 11 is 0. The van der Waals surface area contributed by atoms with Gasteiger partial charge in [-0.2, -0.15) is 5.10 Å². The Morgan fingerprint density at radius 1 is 1.42 bits per heavy atom. The van der Waals surface area contributed by atoms with Gasteiger partial charge >= 0.3 is 6.09 Å². The van der Waals surface area contributed by atoms with Crippen LogP contribution in [0, 0.1) is 0 Å². The molecule has 1 aliphatic carbocycles. The number of hydrogen-bond acceptors (Lipinski definition) is 5. The predicted octanol–water partition coefficient (Wildman–Crippen LogP) is 1.31. The lowest BCUT2D eigenvalue weighted by atomic mass is 9.89. The second kappa shape index (κ2) is 6.80. The van der Waals surface area contributed by atoms with Crippen molar-refractivity contribution < 1.29 is 19.4 Å². The van der Waals surface area contributed by atoms with E-state index in [2.05, 4.69) is 10.4 Å². The Morgan fingerprint density at radius 2 is 2.04 bits per heavy atom. The Hall–Kier alpha value is -2.09. The Kier molecular flexibility index (Phi) is 5.17. The fourth-order valence-corrected chi connectivity index (χ4v) is 2.43. The normalized spacial score (nSPS) is 20.2. The second-order valence-electron chi connectivity index (χ2n) is 7.30. The van der Waals surface area contributed by atoms with E-state index in [4.69, 9.17) is 4.74 Å². The molecule has 8 heteroatoms. The number of ether oxygens (including phenoxy) is 1. The molecular formula is C16H26N4O4. The van der Waals surface area contributed by atoms with E-state index in [9.17, 15) is 14.7 Å². The minimum Gasteiger partial charge on any atom is -0.444 e. The molecule has 2 N–H and O–H groups in total. The number of amides is 2. The van der Waals surface area contributed by atoms with E-state index in [1.54, 1.807) is 45.6 Å². The molecule has 134 valence electrons. The second-order valence-corrected chi connectivity index (χ2v) is 7.30. The smallest absolute Gasteiger partial charge is 0.407 e. The van der Waals surface area contributed by atoms with Gasteiger partial charge in [0.15, 0.2) is 0 Å². The van der Waals surface area contributed by atoms with E-state index in [-0.39, 0.29) is 24.6 Å². The van der Waals surface area contributed by atoms with Gasteiger partial charge in [-0.05, 0) is 39.7 Å². The molecule has 0 aromatic carbocycles. The molecular weight excluding hydrogens is 312 g/mol. The average molecular weight is 338 g/mol. The van der Waals surface area contributed by atoms with Crippen LogP contribution in [-0.2, 0) is 11.3 Å². The monoisotopic (exact) mass is 338 g/mol. The highest BCUT2D eigenvalue weighted by Crippen LogP contribution is 2.33. The highest BCUT2D eigenvalue weighted by atomic mass is 16.6. The summed E-state index contributed by atoms with van der Waals surface area (Å²) in [5.41, 5.74) is 0.461. The number of hydrogen-bond donors (Lipinski definition) is 2.